The first-order valence-electron chi connectivity index (χ1n) is 12.7. The monoisotopic (exact) mass is 649 g/mol. The molecule has 0 spiro atoms. The van der Waals surface area contributed by atoms with Gasteiger partial charge in [0.15, 0.2) is 8.32 Å². The largest absolute Gasteiger partial charge is 0.573 e. The van der Waals surface area contributed by atoms with E-state index >= 15 is 0 Å². The Balaban J connectivity index is 2.13. The van der Waals surface area contributed by atoms with Gasteiger partial charge in [0.25, 0.3) is 0 Å². The van der Waals surface area contributed by atoms with E-state index in [0.717, 1.165) is 33.4 Å². The lowest BCUT2D eigenvalue weighted by Crippen LogP contribution is -2.44. The molecule has 1 heterocycles. The summed E-state index contributed by atoms with van der Waals surface area (Å²) in [6.45, 7) is 19.7. The number of aliphatic hydroxyl groups excluding tert-OH is 1. The van der Waals surface area contributed by atoms with Crippen molar-refractivity contribution in [2.75, 3.05) is 0 Å². The minimum Gasteiger partial charge on any atom is -0.410 e. The fourth-order valence-corrected chi connectivity index (χ4v) is 7.09. The van der Waals surface area contributed by atoms with Crippen LogP contribution >= 0.6 is 22.6 Å². The Morgan fingerprint density at radius 2 is 1.68 bits per heavy atom. The van der Waals surface area contributed by atoms with Crippen molar-refractivity contribution < 1.29 is 27.4 Å². The van der Waals surface area contributed by atoms with Gasteiger partial charge in [0.1, 0.15) is 11.9 Å². The summed E-state index contributed by atoms with van der Waals surface area (Å²) in [6, 6.07) is 5.40. The Labute approximate surface area is 233 Å². The third kappa shape index (κ3) is 6.89. The maximum atomic E-state index is 12.6. The summed E-state index contributed by atoms with van der Waals surface area (Å²) in [6.07, 6.45) is -4.30. The fraction of sp³-hybridized carbons (Fsp3) is 0.607. The molecular weight excluding hydrogens is 610 g/mol. The minimum atomic E-state index is -4.77. The Kier molecular flexibility index (Phi) is 8.56. The van der Waals surface area contributed by atoms with Crippen LogP contribution in [0, 0.1) is 8.99 Å². The van der Waals surface area contributed by atoms with E-state index in [2.05, 4.69) is 75.0 Å². The van der Waals surface area contributed by atoms with Gasteiger partial charge in [0.2, 0.25) is 0 Å². The Morgan fingerprint density at radius 1 is 1.11 bits per heavy atom. The van der Waals surface area contributed by atoms with Crippen molar-refractivity contribution >= 4 is 30.9 Å². The number of hydrogen-bond donors (Lipinski definition) is 1. The van der Waals surface area contributed by atoms with Crippen LogP contribution < -0.4 is 4.74 Å². The average molecular weight is 650 g/mol. The van der Waals surface area contributed by atoms with Crippen LogP contribution in [0.15, 0.2) is 24.3 Å². The smallest absolute Gasteiger partial charge is 0.410 e. The summed E-state index contributed by atoms with van der Waals surface area (Å²) < 4.78 is 49.7. The number of fused-ring (bicyclic) bond motifs is 1. The Bertz CT molecular complexity index is 1130. The van der Waals surface area contributed by atoms with Crippen molar-refractivity contribution in [2.45, 2.75) is 104 Å². The molecule has 2 atom stereocenters. The molecule has 37 heavy (non-hydrogen) atoms. The first-order valence-corrected chi connectivity index (χ1v) is 16.6. The molecule has 0 aliphatic heterocycles. The Morgan fingerprint density at radius 3 is 2.16 bits per heavy atom. The number of pyridine rings is 1. The van der Waals surface area contributed by atoms with Crippen LogP contribution in [0.3, 0.4) is 0 Å². The number of ether oxygens (including phenoxy) is 1. The molecule has 1 aliphatic rings. The van der Waals surface area contributed by atoms with Gasteiger partial charge in [-0.2, -0.15) is 0 Å². The highest BCUT2D eigenvalue weighted by atomic mass is 127. The van der Waals surface area contributed by atoms with E-state index in [1.807, 2.05) is 13.8 Å². The quantitative estimate of drug-likeness (QED) is 0.251. The number of aromatic nitrogens is 1. The van der Waals surface area contributed by atoms with E-state index in [4.69, 9.17) is 9.41 Å². The summed E-state index contributed by atoms with van der Waals surface area (Å²) in [7, 11) is -2.12. The van der Waals surface area contributed by atoms with Gasteiger partial charge >= 0.3 is 6.36 Å². The van der Waals surface area contributed by atoms with Gasteiger partial charge in [-0.1, -0.05) is 60.6 Å². The predicted molar refractivity (Wildman–Crippen MR) is 151 cm³/mol. The first kappa shape index (κ1) is 30.4. The molecule has 3 rings (SSSR count). The number of benzene rings is 1. The molecular formula is C28H39F3INO3Si. The lowest BCUT2D eigenvalue weighted by Gasteiger charge is -2.44. The van der Waals surface area contributed by atoms with Crippen molar-refractivity contribution in [1.82, 2.24) is 4.98 Å². The standard InChI is InChI=1S/C28H39F3INO3Si/c1-16(2)24-22(25(34)17-10-12-18(13-11-17)35-28(29,30)31)23(32)21-19(33-24)14-27(6,7)15-20(21)36-37(8,9)26(3,4)5/h10-13,16,20,25,34H,14-15H2,1-9H3. The van der Waals surface area contributed by atoms with Gasteiger partial charge in [0, 0.05) is 20.4 Å². The van der Waals surface area contributed by atoms with Crippen molar-refractivity contribution in [3.63, 3.8) is 0 Å². The molecule has 2 aromatic rings. The molecule has 0 saturated carbocycles. The van der Waals surface area contributed by atoms with Crippen LogP contribution in [0.5, 0.6) is 5.75 Å². The van der Waals surface area contributed by atoms with Crippen LogP contribution in [0.2, 0.25) is 18.1 Å². The molecule has 2 unspecified atom stereocenters. The predicted octanol–water partition coefficient (Wildman–Crippen LogP) is 8.83. The molecule has 0 fully saturated rings. The third-order valence-electron chi connectivity index (χ3n) is 7.51. The molecule has 0 radical (unpaired) electrons. The minimum absolute atomic E-state index is 0.0127. The second kappa shape index (κ2) is 10.4. The zero-order valence-electron chi connectivity index (χ0n) is 23.2. The maximum Gasteiger partial charge on any atom is 0.573 e. The molecule has 0 amide bonds. The molecule has 4 nitrogen and oxygen atoms in total. The summed E-state index contributed by atoms with van der Waals surface area (Å²) in [5, 5.41) is 11.6. The van der Waals surface area contributed by atoms with Crippen LogP contribution in [-0.4, -0.2) is 24.8 Å². The van der Waals surface area contributed by atoms with Gasteiger partial charge in [-0.25, -0.2) is 0 Å². The van der Waals surface area contributed by atoms with Crippen LogP contribution in [0.4, 0.5) is 13.2 Å². The van der Waals surface area contributed by atoms with E-state index in [0.29, 0.717) is 11.1 Å². The fourth-order valence-electron chi connectivity index (χ4n) is 4.59. The second-order valence-corrected chi connectivity index (χ2v) is 18.5. The number of aliphatic hydroxyl groups is 1. The summed E-state index contributed by atoms with van der Waals surface area (Å²) >= 11 is 2.31. The van der Waals surface area contributed by atoms with E-state index in [1.165, 1.54) is 24.3 Å². The first-order chi connectivity index (χ1) is 16.7. The van der Waals surface area contributed by atoms with Crippen LogP contribution in [-0.2, 0) is 10.8 Å². The van der Waals surface area contributed by atoms with Crippen LogP contribution in [0.1, 0.15) is 101 Å². The van der Waals surface area contributed by atoms with Crippen molar-refractivity contribution in [1.29, 1.82) is 0 Å². The molecule has 0 saturated heterocycles. The molecule has 9 heteroatoms. The lowest BCUT2D eigenvalue weighted by molar-refractivity contribution is -0.274. The second-order valence-electron chi connectivity index (χ2n) is 12.7. The molecule has 206 valence electrons. The highest BCUT2D eigenvalue weighted by Gasteiger charge is 2.44. The SMILES string of the molecule is CC(C)c1nc2c(c(I)c1C(O)c1ccc(OC(F)(F)F)cc1)C(O[Si](C)(C)C(C)(C)C)CC(C)(C)C2. The highest BCUT2D eigenvalue weighted by Crippen LogP contribution is 2.50. The average Bonchev–Trinajstić information content (AvgIpc) is 2.70. The van der Waals surface area contributed by atoms with E-state index in [-0.39, 0.29) is 28.2 Å². The third-order valence-corrected chi connectivity index (χ3v) is 13.2. The molecule has 0 bridgehead atoms. The Hall–Kier alpha value is -1.17. The maximum absolute atomic E-state index is 12.6. The van der Waals surface area contributed by atoms with Crippen molar-refractivity contribution in [2.24, 2.45) is 5.41 Å². The number of halogens is 4. The van der Waals surface area contributed by atoms with Gasteiger partial charge in [-0.15, -0.1) is 13.2 Å². The van der Waals surface area contributed by atoms with E-state index in [1.54, 1.807) is 0 Å². The van der Waals surface area contributed by atoms with Gasteiger partial charge in [-0.05, 0) is 82.6 Å². The van der Waals surface area contributed by atoms with Gasteiger partial charge in [0.05, 0.1) is 11.8 Å². The number of alkyl halides is 3. The molecule has 1 aliphatic carbocycles. The van der Waals surface area contributed by atoms with Crippen molar-refractivity contribution in [3.8, 4) is 5.75 Å². The zero-order valence-corrected chi connectivity index (χ0v) is 26.3. The molecule has 1 N–H and O–H groups in total. The topological polar surface area (TPSA) is 51.6 Å². The highest BCUT2D eigenvalue weighted by molar-refractivity contribution is 14.1. The van der Waals surface area contributed by atoms with Crippen LogP contribution in [0.25, 0.3) is 0 Å². The summed E-state index contributed by atoms with van der Waals surface area (Å²) in [5.41, 5.74) is 4.04. The lowest BCUT2D eigenvalue weighted by atomic mass is 9.74. The summed E-state index contributed by atoms with van der Waals surface area (Å²) in [4.78, 5) is 5.12. The molecule has 1 aromatic heterocycles. The van der Waals surface area contributed by atoms with Gasteiger partial charge in [-0.3, -0.25) is 4.98 Å². The number of rotatable bonds is 6. The zero-order chi connectivity index (χ0) is 28.1. The van der Waals surface area contributed by atoms with E-state index < -0.39 is 20.8 Å². The van der Waals surface area contributed by atoms with E-state index in [9.17, 15) is 18.3 Å². The van der Waals surface area contributed by atoms with Gasteiger partial charge < -0.3 is 14.3 Å². The molecule has 1 aromatic carbocycles. The van der Waals surface area contributed by atoms with Crippen molar-refractivity contribution in [3.05, 3.63) is 55.9 Å². The number of nitrogens with zero attached hydrogens (tertiary/aromatic N) is 1. The summed E-state index contributed by atoms with van der Waals surface area (Å²) in [5.74, 6) is -0.281. The number of hydrogen-bond acceptors (Lipinski definition) is 4. The normalized spacial score (nSPS) is 19.1.